The third-order valence-corrected chi connectivity index (χ3v) is 5.97. The lowest BCUT2D eigenvalue weighted by atomic mass is 10.1. The molecule has 0 unspecified atom stereocenters. The van der Waals surface area contributed by atoms with E-state index in [9.17, 15) is 4.79 Å². The van der Waals surface area contributed by atoms with Gasteiger partial charge in [-0.2, -0.15) is 5.10 Å². The molecule has 0 fully saturated rings. The maximum atomic E-state index is 12.6. The van der Waals surface area contributed by atoms with Crippen LogP contribution in [0.25, 0.3) is 10.8 Å². The van der Waals surface area contributed by atoms with Crippen molar-refractivity contribution in [2.24, 2.45) is 5.10 Å². The second kappa shape index (κ2) is 12.8. The van der Waals surface area contributed by atoms with E-state index in [0.29, 0.717) is 59.0 Å². The monoisotopic (exact) mass is 532 g/mol. The number of hydrazone groups is 1. The standard InChI is InChI=1S/C30H29ClN2O5/c1-4-36-27-17-22(13-14-26(27)35-3)30(34)33-32-18-20-15-25(31)29(28(16-20)37-5-2)38-19-23-11-8-10-21-9-6-7-12-24(21)23/h6-18H,4-5,19H2,1-3H3,(H,33,34)/b32-18+. The first-order valence-corrected chi connectivity index (χ1v) is 12.6. The molecular formula is C30H29ClN2O5. The molecule has 0 bridgehead atoms. The average molecular weight is 533 g/mol. The van der Waals surface area contributed by atoms with Crippen molar-refractivity contribution in [1.82, 2.24) is 5.43 Å². The van der Waals surface area contributed by atoms with Gasteiger partial charge in [0.15, 0.2) is 23.0 Å². The number of amides is 1. The molecule has 0 aliphatic heterocycles. The Morgan fingerprint density at radius 1 is 0.895 bits per heavy atom. The number of hydrogen-bond acceptors (Lipinski definition) is 6. The summed E-state index contributed by atoms with van der Waals surface area (Å²) in [6.45, 7) is 4.95. The Kier molecular flexibility index (Phi) is 9.06. The lowest BCUT2D eigenvalue weighted by molar-refractivity contribution is 0.0954. The fourth-order valence-electron chi connectivity index (χ4n) is 3.95. The molecule has 0 saturated heterocycles. The van der Waals surface area contributed by atoms with Crippen LogP contribution in [0.4, 0.5) is 0 Å². The fourth-order valence-corrected chi connectivity index (χ4v) is 4.22. The topological polar surface area (TPSA) is 78.4 Å². The van der Waals surface area contributed by atoms with Crippen molar-refractivity contribution in [3.63, 3.8) is 0 Å². The van der Waals surface area contributed by atoms with Gasteiger partial charge in [0.1, 0.15) is 6.61 Å². The van der Waals surface area contributed by atoms with Gasteiger partial charge in [-0.1, -0.05) is 54.1 Å². The van der Waals surface area contributed by atoms with Crippen molar-refractivity contribution >= 4 is 34.5 Å². The SMILES string of the molecule is CCOc1cc(C(=O)N/N=C/c2cc(Cl)c(OCc3cccc4ccccc34)c(OCC)c2)ccc1OC. The van der Waals surface area contributed by atoms with E-state index in [1.807, 2.05) is 38.1 Å². The molecule has 196 valence electrons. The van der Waals surface area contributed by atoms with Crippen molar-refractivity contribution in [2.75, 3.05) is 20.3 Å². The molecule has 0 heterocycles. The number of benzene rings is 4. The van der Waals surface area contributed by atoms with Gasteiger partial charge in [-0.05, 0) is 66.1 Å². The molecular weight excluding hydrogens is 504 g/mol. The van der Waals surface area contributed by atoms with Gasteiger partial charge in [0, 0.05) is 5.56 Å². The van der Waals surface area contributed by atoms with E-state index in [1.54, 1.807) is 37.4 Å². The summed E-state index contributed by atoms with van der Waals surface area (Å²) in [6.07, 6.45) is 1.49. The van der Waals surface area contributed by atoms with Crippen molar-refractivity contribution in [3.8, 4) is 23.0 Å². The molecule has 0 aliphatic rings. The predicted molar refractivity (Wildman–Crippen MR) is 150 cm³/mol. The summed E-state index contributed by atoms with van der Waals surface area (Å²) in [5, 5.41) is 6.72. The normalized spacial score (nSPS) is 10.9. The summed E-state index contributed by atoms with van der Waals surface area (Å²) < 4.78 is 22.7. The van der Waals surface area contributed by atoms with Crippen LogP contribution in [0.3, 0.4) is 0 Å². The molecule has 4 aromatic rings. The number of methoxy groups -OCH3 is 1. The van der Waals surface area contributed by atoms with Gasteiger partial charge in [-0.25, -0.2) is 5.43 Å². The zero-order valence-electron chi connectivity index (χ0n) is 21.5. The highest BCUT2D eigenvalue weighted by atomic mass is 35.5. The Bertz CT molecular complexity index is 1450. The van der Waals surface area contributed by atoms with E-state index in [0.717, 1.165) is 16.3 Å². The van der Waals surface area contributed by atoms with E-state index in [4.69, 9.17) is 30.5 Å². The van der Waals surface area contributed by atoms with Gasteiger partial charge in [0.2, 0.25) is 0 Å². The first-order chi connectivity index (χ1) is 18.5. The predicted octanol–water partition coefficient (Wildman–Crippen LogP) is 6.64. The van der Waals surface area contributed by atoms with Gasteiger partial charge >= 0.3 is 0 Å². The van der Waals surface area contributed by atoms with Crippen LogP contribution in [-0.4, -0.2) is 32.4 Å². The van der Waals surface area contributed by atoms with Crippen LogP contribution in [0, 0.1) is 0 Å². The van der Waals surface area contributed by atoms with E-state index in [2.05, 4.69) is 28.7 Å². The average Bonchev–Trinajstić information content (AvgIpc) is 2.93. The largest absolute Gasteiger partial charge is 0.493 e. The first-order valence-electron chi connectivity index (χ1n) is 12.2. The maximum Gasteiger partial charge on any atom is 0.271 e. The van der Waals surface area contributed by atoms with E-state index < -0.39 is 5.91 Å². The van der Waals surface area contributed by atoms with E-state index in [-0.39, 0.29) is 0 Å². The third kappa shape index (κ3) is 6.36. The summed E-state index contributed by atoms with van der Waals surface area (Å²) in [7, 11) is 1.55. The van der Waals surface area contributed by atoms with Crippen molar-refractivity contribution < 1.29 is 23.7 Å². The highest BCUT2D eigenvalue weighted by Crippen LogP contribution is 2.37. The molecule has 4 rings (SSSR count). The zero-order chi connectivity index (χ0) is 26.9. The lowest BCUT2D eigenvalue weighted by Crippen LogP contribution is -2.17. The molecule has 7 nitrogen and oxygen atoms in total. The highest BCUT2D eigenvalue weighted by molar-refractivity contribution is 6.32. The summed E-state index contributed by atoms with van der Waals surface area (Å²) in [5.74, 6) is 1.58. The smallest absolute Gasteiger partial charge is 0.271 e. The molecule has 0 saturated carbocycles. The van der Waals surface area contributed by atoms with Gasteiger partial charge in [0.05, 0.1) is 31.6 Å². The maximum absolute atomic E-state index is 12.6. The number of nitrogens with one attached hydrogen (secondary N) is 1. The van der Waals surface area contributed by atoms with Crippen molar-refractivity contribution in [1.29, 1.82) is 0 Å². The number of carbonyl (C=O) groups is 1. The minimum absolute atomic E-state index is 0.330. The van der Waals surface area contributed by atoms with Gasteiger partial charge in [-0.15, -0.1) is 0 Å². The summed E-state index contributed by atoms with van der Waals surface area (Å²) in [6, 6.07) is 22.6. The Labute approximate surface area is 226 Å². The number of fused-ring (bicyclic) bond motifs is 1. The molecule has 4 aromatic carbocycles. The highest BCUT2D eigenvalue weighted by Gasteiger charge is 2.14. The van der Waals surface area contributed by atoms with Crippen molar-refractivity contribution in [2.45, 2.75) is 20.5 Å². The van der Waals surface area contributed by atoms with Crippen molar-refractivity contribution in [3.05, 3.63) is 94.5 Å². The molecule has 0 atom stereocenters. The molecule has 0 radical (unpaired) electrons. The quantitative estimate of drug-likeness (QED) is 0.173. The number of halogens is 1. The minimum Gasteiger partial charge on any atom is -0.493 e. The van der Waals surface area contributed by atoms with Crippen LogP contribution < -0.4 is 24.4 Å². The molecule has 8 heteroatoms. The zero-order valence-corrected chi connectivity index (χ0v) is 22.2. The van der Waals surface area contributed by atoms with Crippen LogP contribution in [0.2, 0.25) is 5.02 Å². The van der Waals surface area contributed by atoms with Crippen LogP contribution >= 0.6 is 11.6 Å². The minimum atomic E-state index is -0.393. The Balaban J connectivity index is 1.48. The van der Waals surface area contributed by atoms with Gasteiger partial charge < -0.3 is 18.9 Å². The first kappa shape index (κ1) is 26.8. The molecule has 0 spiro atoms. The molecule has 1 N–H and O–H groups in total. The van der Waals surface area contributed by atoms with Gasteiger partial charge in [-0.3, -0.25) is 4.79 Å². The summed E-state index contributed by atoms with van der Waals surface area (Å²) in [5.41, 5.74) is 4.59. The second-order valence-electron chi connectivity index (χ2n) is 8.19. The van der Waals surface area contributed by atoms with Crippen LogP contribution in [0.5, 0.6) is 23.0 Å². The van der Waals surface area contributed by atoms with Crippen LogP contribution in [-0.2, 0) is 6.61 Å². The number of carbonyl (C=O) groups excluding carboxylic acids is 1. The molecule has 0 aromatic heterocycles. The lowest BCUT2D eigenvalue weighted by Gasteiger charge is -2.15. The molecule has 38 heavy (non-hydrogen) atoms. The number of rotatable bonds is 11. The van der Waals surface area contributed by atoms with E-state index in [1.165, 1.54) is 6.21 Å². The number of nitrogens with zero attached hydrogens (tertiary/aromatic N) is 1. The van der Waals surface area contributed by atoms with Crippen LogP contribution in [0.15, 0.2) is 77.9 Å². The summed E-state index contributed by atoms with van der Waals surface area (Å²) in [4.78, 5) is 12.6. The van der Waals surface area contributed by atoms with Crippen LogP contribution in [0.1, 0.15) is 35.3 Å². The number of ether oxygens (including phenoxy) is 4. The number of hydrogen-bond donors (Lipinski definition) is 1. The summed E-state index contributed by atoms with van der Waals surface area (Å²) >= 11 is 6.59. The Morgan fingerprint density at radius 2 is 1.66 bits per heavy atom. The Hall–Kier alpha value is -4.23. The third-order valence-electron chi connectivity index (χ3n) is 5.69. The molecule has 0 aliphatic carbocycles. The Morgan fingerprint density at radius 3 is 2.45 bits per heavy atom. The van der Waals surface area contributed by atoms with Gasteiger partial charge in [0.25, 0.3) is 5.91 Å². The second-order valence-corrected chi connectivity index (χ2v) is 8.59. The molecule has 1 amide bonds. The fraction of sp³-hybridized carbons (Fsp3) is 0.200. The van der Waals surface area contributed by atoms with E-state index >= 15 is 0 Å².